The van der Waals surface area contributed by atoms with Crippen LogP contribution in [0.2, 0.25) is 0 Å². The molecular formula is C76H119N23O22. The number of hydrogen-bond acceptors (Lipinski definition) is 24. The van der Waals surface area contributed by atoms with E-state index in [4.69, 9.17) is 17.2 Å². The summed E-state index contributed by atoms with van der Waals surface area (Å²) in [6.45, 7) is 17.7. The molecule has 0 unspecified atom stereocenters. The molecule has 121 heavy (non-hydrogen) atoms. The molecule has 0 spiro atoms. The van der Waals surface area contributed by atoms with Crippen LogP contribution in [0.1, 0.15) is 152 Å². The standard InChI is InChI=1S/C76H119N23O22/c1-14-38(8)61(75(120)97-52(23-37(6)7)74(119)99-62(43(13)100)76(121)93-50(63(79)108)21-35(2)3)98-59(105)32-83-65(110)40(10)88-66(111)41(11)89-72(117)54(26-46-29-81-34-86-46)96-73(118)55(27-56(78)102)91-58(104)31-82-64(109)39(9)87-57(103)30-84-69(114)53(25-45-28-80-33-85-45)94-67(112)42(12)90-71(116)51(22-36(4)5)95-70(115)49(19-20-60(106)107)92-68(113)48(77)24-44-15-17-47(101)18-16-44/h15-18,28-29,33-43,48-55,61-62,100-101H,14,19-27,30-32,77H2,1-13H3,(H2,78,102)(H2,79,108)(H,80,85)(H,81,86)(H,82,109)(H,83,110)(H,84,114)(H,87,103)(H,88,111)(H,89,117)(H,90,116)(H,91,104)(H,92,113)(H,93,121)(H,94,112)(H,95,115)(H,96,118)(H,97,120)(H,98,105)(H,99,119)(H,106,107)/t38-,39-,40-,41-,42-,43+,48-,49-,50-,51-,52-,53-,54-,55-,61-,62-/m0/s1. The zero-order valence-corrected chi connectivity index (χ0v) is 70.0. The van der Waals surface area contributed by atoms with E-state index in [-0.39, 0.29) is 67.7 Å². The number of imidazole rings is 2. The van der Waals surface area contributed by atoms with Crippen LogP contribution in [0.25, 0.3) is 0 Å². The van der Waals surface area contributed by atoms with E-state index in [0.29, 0.717) is 17.7 Å². The zero-order chi connectivity index (χ0) is 91.2. The van der Waals surface area contributed by atoms with E-state index in [1.54, 1.807) is 55.4 Å². The Morgan fingerprint density at radius 2 is 0.785 bits per heavy atom. The summed E-state index contributed by atoms with van der Waals surface area (Å²) >= 11 is 0. The van der Waals surface area contributed by atoms with Crippen molar-refractivity contribution in [3.8, 4) is 5.75 Å². The minimum atomic E-state index is -1.80. The highest BCUT2D eigenvalue weighted by Gasteiger charge is 2.38. The molecule has 0 aliphatic carbocycles. The predicted molar refractivity (Wildman–Crippen MR) is 431 cm³/mol. The molecule has 2 aromatic heterocycles. The number of rotatable bonds is 53. The number of aromatic hydroxyl groups is 1. The van der Waals surface area contributed by atoms with E-state index >= 15 is 0 Å². The number of nitrogens with zero attached hydrogens (tertiary/aromatic N) is 2. The minimum Gasteiger partial charge on any atom is -0.508 e. The number of H-pyrrole nitrogens is 2. The highest BCUT2D eigenvalue weighted by molar-refractivity contribution is 6.01. The van der Waals surface area contributed by atoms with Crippen molar-refractivity contribution in [3.63, 3.8) is 0 Å². The van der Waals surface area contributed by atoms with Gasteiger partial charge in [0, 0.05) is 43.0 Å². The van der Waals surface area contributed by atoms with Gasteiger partial charge in [0.05, 0.1) is 50.9 Å². The number of aromatic nitrogens is 4. The molecule has 3 rings (SSSR count). The van der Waals surface area contributed by atoms with Crippen LogP contribution in [-0.2, 0) is 110 Å². The number of nitrogens with one attached hydrogen (secondary N) is 18. The van der Waals surface area contributed by atoms with Gasteiger partial charge < -0.3 is 128 Å². The predicted octanol–water partition coefficient (Wildman–Crippen LogP) is -7.29. The number of carbonyl (C=O) groups is 19. The van der Waals surface area contributed by atoms with Gasteiger partial charge in [-0.25, -0.2) is 9.97 Å². The molecule has 27 N–H and O–H groups in total. The van der Waals surface area contributed by atoms with E-state index in [2.05, 4.69) is 105 Å². The van der Waals surface area contributed by atoms with Crippen LogP contribution in [-0.4, -0.2) is 258 Å². The van der Waals surface area contributed by atoms with Crippen molar-refractivity contribution < 1.29 is 106 Å². The average molecular weight is 1710 g/mol. The van der Waals surface area contributed by atoms with Crippen molar-refractivity contribution in [2.75, 3.05) is 19.6 Å². The number of primary amides is 2. The third-order valence-electron chi connectivity index (χ3n) is 18.5. The Morgan fingerprint density at radius 3 is 1.26 bits per heavy atom. The molecule has 2 heterocycles. The Labute approximate surface area is 698 Å². The topological polar surface area (TPSA) is 713 Å². The van der Waals surface area contributed by atoms with Crippen LogP contribution >= 0.6 is 0 Å². The SMILES string of the molecule is CC[C@H](C)[C@H](NC(=O)CNC(=O)[C@H](C)NC(=O)[C@H](C)NC(=O)[C@H](Cc1cnc[nH]1)NC(=O)[C@H](CC(N)=O)NC(=O)CNC(=O)[C@H](C)NC(=O)CNC(=O)[C@H](Cc1cnc[nH]1)NC(=O)[C@H](C)NC(=O)[C@H](CC(C)C)NC(=O)[C@H](CCC(=O)O)NC(=O)[C@@H](N)Cc1ccc(O)cc1)C(=O)N[C@@H](CC(C)C)C(=O)N[C@H](C(=O)N[C@@H](CC(C)C)C(N)=O)[C@@H](C)O. The van der Waals surface area contributed by atoms with Crippen LogP contribution in [0.5, 0.6) is 5.75 Å². The summed E-state index contributed by atoms with van der Waals surface area (Å²) in [6.07, 6.45) is 1.82. The molecule has 0 fully saturated rings. The van der Waals surface area contributed by atoms with Crippen LogP contribution in [0.15, 0.2) is 49.3 Å². The van der Waals surface area contributed by atoms with Gasteiger partial charge in [-0.1, -0.05) is 73.9 Å². The summed E-state index contributed by atoms with van der Waals surface area (Å²) in [7, 11) is 0. The summed E-state index contributed by atoms with van der Waals surface area (Å²) in [5.41, 5.74) is 18.2. The Kier molecular flexibility index (Phi) is 43.1. The highest BCUT2D eigenvalue weighted by atomic mass is 16.4. The monoisotopic (exact) mass is 1710 g/mol. The van der Waals surface area contributed by atoms with Crippen LogP contribution < -0.4 is 102 Å². The maximum absolute atomic E-state index is 13.9. The fourth-order valence-electron chi connectivity index (χ4n) is 11.6. The van der Waals surface area contributed by atoms with E-state index < -0.39 is 248 Å². The normalized spacial score (nSPS) is 15.1. The largest absolute Gasteiger partial charge is 0.508 e. The van der Waals surface area contributed by atoms with E-state index in [1.165, 1.54) is 83.9 Å². The van der Waals surface area contributed by atoms with Gasteiger partial charge in [0.1, 0.15) is 84.3 Å². The number of amides is 18. The van der Waals surface area contributed by atoms with Crippen molar-refractivity contribution >= 4 is 112 Å². The molecule has 0 saturated carbocycles. The molecule has 3 aromatic rings. The third-order valence-corrected chi connectivity index (χ3v) is 18.5. The molecule has 0 aliphatic heterocycles. The molecule has 16 atom stereocenters. The lowest BCUT2D eigenvalue weighted by molar-refractivity contribution is -0.138. The maximum atomic E-state index is 13.9. The number of benzene rings is 1. The Morgan fingerprint density at radius 1 is 0.405 bits per heavy atom. The molecule has 45 nitrogen and oxygen atoms in total. The van der Waals surface area contributed by atoms with Crippen molar-refractivity contribution in [3.05, 3.63) is 66.3 Å². The fraction of sp³-hybridized carbons (Fsp3) is 0.592. The van der Waals surface area contributed by atoms with Crippen LogP contribution in [0.4, 0.5) is 0 Å². The number of carboxylic acid groups (broad SMARTS) is 1. The quantitative estimate of drug-likeness (QED) is 0.0250. The number of phenolic OH excluding ortho intramolecular Hbond substituents is 1. The highest BCUT2D eigenvalue weighted by Crippen LogP contribution is 2.16. The van der Waals surface area contributed by atoms with Gasteiger partial charge in [0.25, 0.3) is 0 Å². The number of carboxylic acids is 1. The van der Waals surface area contributed by atoms with Crippen LogP contribution in [0.3, 0.4) is 0 Å². The number of phenols is 1. The fourth-order valence-corrected chi connectivity index (χ4v) is 11.6. The van der Waals surface area contributed by atoms with Gasteiger partial charge in [-0.2, -0.15) is 0 Å². The van der Waals surface area contributed by atoms with E-state index in [0.717, 1.165) is 0 Å². The zero-order valence-electron chi connectivity index (χ0n) is 70.0. The first kappa shape index (κ1) is 102. The number of aliphatic carboxylic acids is 1. The maximum Gasteiger partial charge on any atom is 0.303 e. The van der Waals surface area contributed by atoms with Gasteiger partial charge in [0.2, 0.25) is 106 Å². The van der Waals surface area contributed by atoms with Crippen molar-refractivity contribution in [2.45, 2.75) is 245 Å². The summed E-state index contributed by atoms with van der Waals surface area (Å²) < 4.78 is 0. The molecule has 1 aromatic carbocycles. The number of nitrogens with two attached hydrogens (primary N) is 3. The van der Waals surface area contributed by atoms with Gasteiger partial charge in [-0.15, -0.1) is 0 Å². The first-order valence-corrected chi connectivity index (χ1v) is 39.4. The second-order valence-corrected chi connectivity index (χ2v) is 30.7. The van der Waals surface area contributed by atoms with Gasteiger partial charge >= 0.3 is 5.97 Å². The van der Waals surface area contributed by atoms with Crippen molar-refractivity contribution in [1.82, 2.24) is 105 Å². The summed E-state index contributed by atoms with van der Waals surface area (Å²) in [5, 5.41) is 68.3. The van der Waals surface area contributed by atoms with Gasteiger partial charge in [-0.05, 0) is 108 Å². The van der Waals surface area contributed by atoms with Crippen molar-refractivity contribution in [2.24, 2.45) is 40.9 Å². The number of aliphatic hydroxyl groups excluding tert-OH is 1. The van der Waals surface area contributed by atoms with Crippen LogP contribution in [0, 0.1) is 23.7 Å². The smallest absolute Gasteiger partial charge is 0.303 e. The van der Waals surface area contributed by atoms with Gasteiger partial charge in [-0.3, -0.25) is 91.1 Å². The first-order valence-electron chi connectivity index (χ1n) is 39.4. The minimum absolute atomic E-state index is 0.00886. The second-order valence-electron chi connectivity index (χ2n) is 30.7. The molecule has 670 valence electrons. The Bertz CT molecular complexity index is 4050. The average Bonchev–Trinajstić information content (AvgIpc) is 1.79. The van der Waals surface area contributed by atoms with E-state index in [9.17, 15) is 106 Å². The lowest BCUT2D eigenvalue weighted by Gasteiger charge is -2.29. The summed E-state index contributed by atoms with van der Waals surface area (Å²) in [5.74, 6) is -19.3. The molecule has 0 aliphatic rings. The first-order chi connectivity index (χ1) is 56.7. The summed E-state index contributed by atoms with van der Waals surface area (Å²) in [6, 6.07) is -14.0. The molecule has 0 radical (unpaired) electrons. The number of aromatic amines is 2. The lowest BCUT2D eigenvalue weighted by atomic mass is 9.96. The number of carbonyl (C=O) groups excluding carboxylic acids is 18. The lowest BCUT2D eigenvalue weighted by Crippen LogP contribution is -2.61. The Balaban J connectivity index is 1.61. The van der Waals surface area contributed by atoms with Crippen molar-refractivity contribution in [1.29, 1.82) is 0 Å². The van der Waals surface area contributed by atoms with E-state index in [1.807, 2.05) is 0 Å². The molecular weight excluding hydrogens is 1590 g/mol. The molecule has 45 heteroatoms. The molecule has 18 amide bonds. The second kappa shape index (κ2) is 50.9. The Hall–Kier alpha value is -12.7. The van der Waals surface area contributed by atoms with Gasteiger partial charge in [0.15, 0.2) is 0 Å². The summed E-state index contributed by atoms with van der Waals surface area (Å²) in [4.78, 5) is 266. The molecule has 0 bridgehead atoms. The number of aliphatic hydroxyl groups is 1. The number of hydrogen-bond donors (Lipinski definition) is 24. The third kappa shape index (κ3) is 37.8. The molecule has 0 saturated heterocycles.